The van der Waals surface area contributed by atoms with Gasteiger partial charge in [-0.25, -0.2) is 9.97 Å². The zero-order valence-corrected chi connectivity index (χ0v) is 18.1. The predicted molar refractivity (Wildman–Crippen MR) is 122 cm³/mol. The Morgan fingerprint density at radius 2 is 2.00 bits per heavy atom. The Labute approximate surface area is 183 Å². The van der Waals surface area contributed by atoms with E-state index in [0.29, 0.717) is 41.4 Å². The van der Waals surface area contributed by atoms with Crippen LogP contribution in [0.15, 0.2) is 60.0 Å². The Hall–Kier alpha value is -3.85. The first-order valence-electron chi connectivity index (χ1n) is 10.4. The van der Waals surface area contributed by atoms with E-state index < -0.39 is 0 Å². The van der Waals surface area contributed by atoms with E-state index in [1.807, 2.05) is 41.1 Å². The normalized spacial score (nSPS) is 11.8. The average molecular weight is 429 g/mol. The van der Waals surface area contributed by atoms with E-state index in [2.05, 4.69) is 38.6 Å². The fraction of sp³-hybridized carbons (Fsp3) is 0.261. The van der Waals surface area contributed by atoms with Crippen LogP contribution in [0.2, 0.25) is 0 Å². The highest BCUT2D eigenvalue weighted by molar-refractivity contribution is 5.94. The van der Waals surface area contributed by atoms with E-state index in [0.717, 1.165) is 10.9 Å². The fourth-order valence-corrected chi connectivity index (χ4v) is 3.84. The van der Waals surface area contributed by atoms with Gasteiger partial charge in [-0.1, -0.05) is 6.07 Å². The van der Waals surface area contributed by atoms with Gasteiger partial charge < -0.3 is 13.9 Å². The Morgan fingerprint density at radius 3 is 2.81 bits per heavy atom. The number of rotatable bonds is 6. The van der Waals surface area contributed by atoms with Crippen LogP contribution in [0.1, 0.15) is 19.9 Å². The van der Waals surface area contributed by atoms with E-state index >= 15 is 0 Å². The van der Waals surface area contributed by atoms with Crippen molar-refractivity contribution in [2.75, 3.05) is 13.7 Å². The zero-order valence-electron chi connectivity index (χ0n) is 18.1. The summed E-state index contributed by atoms with van der Waals surface area (Å²) in [6.45, 7) is 5.41. The van der Waals surface area contributed by atoms with Gasteiger partial charge in [0.25, 0.3) is 5.56 Å². The molecule has 0 amide bonds. The maximum absolute atomic E-state index is 13.4. The van der Waals surface area contributed by atoms with Crippen LogP contribution < -0.4 is 5.56 Å². The van der Waals surface area contributed by atoms with E-state index in [-0.39, 0.29) is 11.6 Å². The summed E-state index contributed by atoms with van der Waals surface area (Å²) in [4.78, 5) is 22.6. The molecular weight excluding hydrogens is 406 g/mol. The van der Waals surface area contributed by atoms with Crippen LogP contribution in [-0.4, -0.2) is 47.6 Å². The fourth-order valence-electron chi connectivity index (χ4n) is 3.84. The third-order valence-electron chi connectivity index (χ3n) is 5.53. The zero-order chi connectivity index (χ0) is 22.2. The largest absolute Gasteiger partial charge is 0.383 e. The van der Waals surface area contributed by atoms with Crippen LogP contribution in [0, 0.1) is 0 Å². The minimum Gasteiger partial charge on any atom is -0.383 e. The monoisotopic (exact) mass is 429 g/mol. The highest BCUT2D eigenvalue weighted by Gasteiger charge is 2.14. The van der Waals surface area contributed by atoms with E-state index in [9.17, 15) is 4.79 Å². The lowest BCUT2D eigenvalue weighted by atomic mass is 10.2. The second-order valence-electron chi connectivity index (χ2n) is 7.89. The number of hydrogen-bond donors (Lipinski definition) is 0. The van der Waals surface area contributed by atoms with Crippen molar-refractivity contribution in [3.8, 4) is 17.3 Å². The molecule has 0 aliphatic heterocycles. The van der Waals surface area contributed by atoms with Crippen LogP contribution in [0.25, 0.3) is 39.1 Å². The summed E-state index contributed by atoms with van der Waals surface area (Å²) >= 11 is 0. The summed E-state index contributed by atoms with van der Waals surface area (Å²) in [7, 11) is 1.68. The molecule has 0 aliphatic carbocycles. The van der Waals surface area contributed by atoms with Crippen molar-refractivity contribution in [2.24, 2.45) is 0 Å². The van der Waals surface area contributed by atoms with Crippen molar-refractivity contribution in [1.29, 1.82) is 0 Å². The molecule has 162 valence electrons. The summed E-state index contributed by atoms with van der Waals surface area (Å²) in [5.74, 6) is 1.14. The number of methoxy groups -OCH3 is 1. The Morgan fingerprint density at radius 1 is 1.12 bits per heavy atom. The summed E-state index contributed by atoms with van der Waals surface area (Å²) in [5, 5.41) is 9.80. The number of aromatic nitrogens is 7. The molecule has 0 radical (unpaired) electrons. The van der Waals surface area contributed by atoms with Gasteiger partial charge in [0.05, 0.1) is 17.5 Å². The first-order valence-corrected chi connectivity index (χ1v) is 10.4. The Balaban J connectivity index is 1.63. The number of nitrogens with zero attached hydrogens (tertiary/aromatic N) is 7. The molecule has 0 bridgehead atoms. The first kappa shape index (κ1) is 20.1. The summed E-state index contributed by atoms with van der Waals surface area (Å²) < 4.78 is 10.7. The third-order valence-corrected chi connectivity index (χ3v) is 5.53. The molecule has 1 aromatic carbocycles. The van der Waals surface area contributed by atoms with Gasteiger partial charge in [-0.2, -0.15) is 0 Å². The number of hydrogen-bond acceptors (Lipinski definition) is 6. The Bertz CT molecular complexity index is 1480. The Kier molecular flexibility index (Phi) is 5.02. The molecule has 5 rings (SSSR count). The molecule has 0 N–H and O–H groups in total. The highest BCUT2D eigenvalue weighted by atomic mass is 16.5. The van der Waals surface area contributed by atoms with Gasteiger partial charge in [0, 0.05) is 36.8 Å². The van der Waals surface area contributed by atoms with Crippen LogP contribution in [-0.2, 0) is 11.3 Å². The minimum atomic E-state index is -0.175. The van der Waals surface area contributed by atoms with Crippen LogP contribution >= 0.6 is 0 Å². The number of fused-ring (bicyclic) bond motifs is 2. The maximum Gasteiger partial charge on any atom is 0.267 e. The van der Waals surface area contributed by atoms with Crippen LogP contribution in [0.4, 0.5) is 0 Å². The van der Waals surface area contributed by atoms with Crippen molar-refractivity contribution in [1.82, 2.24) is 33.9 Å². The lowest BCUT2D eigenvalue weighted by Gasteiger charge is -2.11. The van der Waals surface area contributed by atoms with Crippen molar-refractivity contribution in [3.05, 3.63) is 65.6 Å². The van der Waals surface area contributed by atoms with Gasteiger partial charge in [0.1, 0.15) is 24.2 Å². The highest BCUT2D eigenvalue weighted by Crippen LogP contribution is 2.22. The molecule has 0 unspecified atom stereocenters. The van der Waals surface area contributed by atoms with Crippen LogP contribution in [0.5, 0.6) is 0 Å². The topological polar surface area (TPSA) is 92.7 Å². The van der Waals surface area contributed by atoms with Gasteiger partial charge in [-0.3, -0.25) is 9.36 Å². The van der Waals surface area contributed by atoms with Crippen molar-refractivity contribution in [2.45, 2.75) is 26.4 Å². The predicted octanol–water partition coefficient (Wildman–Crippen LogP) is 3.22. The van der Waals surface area contributed by atoms with Crippen molar-refractivity contribution < 1.29 is 4.74 Å². The first-order chi connectivity index (χ1) is 15.6. The molecule has 0 aliphatic rings. The molecule has 4 aromatic heterocycles. The molecule has 4 heterocycles. The lowest BCUT2D eigenvalue weighted by molar-refractivity contribution is 0.188. The molecule has 0 fully saturated rings. The van der Waals surface area contributed by atoms with E-state index in [1.54, 1.807) is 19.5 Å². The SMILES string of the molecule is COCCn1ccc2cc3ncn(-c4cccc(-c5nncn5C(C)C)n4)c(=O)c3cc21. The molecule has 32 heavy (non-hydrogen) atoms. The van der Waals surface area contributed by atoms with Gasteiger partial charge in [0.15, 0.2) is 5.82 Å². The van der Waals surface area contributed by atoms with Crippen molar-refractivity contribution in [3.63, 3.8) is 0 Å². The van der Waals surface area contributed by atoms with Gasteiger partial charge in [0.2, 0.25) is 0 Å². The molecule has 0 atom stereocenters. The minimum absolute atomic E-state index is 0.175. The second kappa shape index (κ2) is 8.01. The molecule has 0 saturated carbocycles. The van der Waals surface area contributed by atoms with Gasteiger partial charge >= 0.3 is 0 Å². The number of benzene rings is 1. The molecular formula is C23H23N7O2. The van der Waals surface area contributed by atoms with Gasteiger partial charge in [-0.15, -0.1) is 10.2 Å². The number of pyridine rings is 1. The summed E-state index contributed by atoms with van der Waals surface area (Å²) in [5.41, 5.74) is 2.09. The summed E-state index contributed by atoms with van der Waals surface area (Å²) in [6, 6.07) is 11.5. The van der Waals surface area contributed by atoms with Gasteiger partial charge in [-0.05, 0) is 44.2 Å². The van der Waals surface area contributed by atoms with Crippen LogP contribution in [0.3, 0.4) is 0 Å². The molecule has 9 heteroatoms. The standard InChI is InChI=1S/C23H23N7O2/c1-15(2)29-14-25-27-22(29)18-5-4-6-21(26-18)30-13-24-19-11-16-7-8-28(9-10-32-3)20(16)12-17(19)23(30)31/h4-8,11-15H,9-10H2,1-3H3. The summed E-state index contributed by atoms with van der Waals surface area (Å²) in [6.07, 6.45) is 5.21. The number of ether oxygens (including phenoxy) is 1. The van der Waals surface area contributed by atoms with E-state index in [1.165, 1.54) is 10.9 Å². The molecule has 0 saturated heterocycles. The third kappa shape index (κ3) is 3.36. The van der Waals surface area contributed by atoms with E-state index in [4.69, 9.17) is 4.74 Å². The molecule has 9 nitrogen and oxygen atoms in total. The molecule has 5 aromatic rings. The smallest absolute Gasteiger partial charge is 0.267 e. The molecule has 0 spiro atoms. The maximum atomic E-state index is 13.4. The lowest BCUT2D eigenvalue weighted by Crippen LogP contribution is -2.20. The quantitative estimate of drug-likeness (QED) is 0.411. The average Bonchev–Trinajstić information content (AvgIpc) is 3.44. The second-order valence-corrected chi connectivity index (χ2v) is 7.89. The van der Waals surface area contributed by atoms with Crippen molar-refractivity contribution >= 4 is 21.8 Å².